The second-order valence-corrected chi connectivity index (χ2v) is 9.65. The van der Waals surface area contributed by atoms with Crippen molar-refractivity contribution in [3.63, 3.8) is 0 Å². The number of alkyl carbamates (subject to hydrolysis) is 1. The number of Topliss-reactive ketones (excluding diaryl/α,β-unsaturated/α-hetero) is 1. The van der Waals surface area contributed by atoms with Crippen molar-refractivity contribution in [1.29, 1.82) is 0 Å². The summed E-state index contributed by atoms with van der Waals surface area (Å²) >= 11 is 0. The molecule has 0 unspecified atom stereocenters. The lowest BCUT2D eigenvalue weighted by Gasteiger charge is -2.39. The molecule has 1 saturated heterocycles. The standard InChI is InChI=1S/C24H37N3O3/c1-24(2,3)30-23(29)26-21-12-8-7-11-20(21)25-19-13-15-27(16-14-19)17-22(28)18-9-5-4-6-10-18/h4-6,9-10,19-21,25H,7-8,11-17H2,1-3H3,(H,26,29)/t20-,21-/m0/s1. The van der Waals surface area contributed by atoms with Crippen molar-refractivity contribution >= 4 is 11.9 Å². The molecule has 2 fully saturated rings. The molecule has 2 atom stereocenters. The van der Waals surface area contributed by atoms with Gasteiger partial charge in [-0.15, -0.1) is 0 Å². The highest BCUT2D eigenvalue weighted by Gasteiger charge is 2.31. The molecule has 1 aliphatic heterocycles. The molecule has 0 bridgehead atoms. The summed E-state index contributed by atoms with van der Waals surface area (Å²) < 4.78 is 5.45. The zero-order valence-corrected chi connectivity index (χ0v) is 18.7. The minimum absolute atomic E-state index is 0.117. The second kappa shape index (κ2) is 10.4. The molecule has 1 amide bonds. The molecule has 1 saturated carbocycles. The second-order valence-electron chi connectivity index (χ2n) is 9.65. The van der Waals surface area contributed by atoms with Gasteiger partial charge in [-0.05, 0) is 46.5 Å². The summed E-state index contributed by atoms with van der Waals surface area (Å²) in [5.41, 5.74) is 0.308. The molecule has 1 aromatic carbocycles. The molecular formula is C24H37N3O3. The van der Waals surface area contributed by atoms with Crippen LogP contribution in [0.15, 0.2) is 30.3 Å². The van der Waals surface area contributed by atoms with Gasteiger partial charge < -0.3 is 15.4 Å². The van der Waals surface area contributed by atoms with Gasteiger partial charge in [-0.3, -0.25) is 9.69 Å². The summed E-state index contributed by atoms with van der Waals surface area (Å²) in [5.74, 6) is 0.191. The van der Waals surface area contributed by atoms with Crippen LogP contribution in [0.2, 0.25) is 0 Å². The van der Waals surface area contributed by atoms with E-state index in [1.807, 2.05) is 51.1 Å². The maximum Gasteiger partial charge on any atom is 0.407 e. The Balaban J connectivity index is 1.44. The quantitative estimate of drug-likeness (QED) is 0.693. The van der Waals surface area contributed by atoms with Crippen LogP contribution >= 0.6 is 0 Å². The highest BCUT2D eigenvalue weighted by Crippen LogP contribution is 2.22. The predicted octanol–water partition coefficient (Wildman–Crippen LogP) is 3.76. The molecule has 2 N–H and O–H groups in total. The molecule has 2 aliphatic rings. The highest BCUT2D eigenvalue weighted by atomic mass is 16.6. The van der Waals surface area contributed by atoms with Crippen LogP contribution in [0.4, 0.5) is 4.79 Å². The van der Waals surface area contributed by atoms with Gasteiger partial charge in [0.25, 0.3) is 0 Å². The van der Waals surface area contributed by atoms with Gasteiger partial charge in [0.2, 0.25) is 0 Å². The van der Waals surface area contributed by atoms with E-state index in [4.69, 9.17) is 4.74 Å². The molecule has 0 aromatic heterocycles. The third kappa shape index (κ3) is 7.10. The van der Waals surface area contributed by atoms with Gasteiger partial charge in [0.15, 0.2) is 5.78 Å². The molecule has 1 aliphatic carbocycles. The molecule has 6 heteroatoms. The first-order chi connectivity index (χ1) is 14.3. The lowest BCUT2D eigenvalue weighted by Crippen LogP contribution is -2.56. The third-order valence-corrected chi connectivity index (χ3v) is 5.97. The Morgan fingerprint density at radius 2 is 1.63 bits per heavy atom. The third-order valence-electron chi connectivity index (χ3n) is 5.97. The number of carbonyl (C=O) groups excluding carboxylic acids is 2. The predicted molar refractivity (Wildman–Crippen MR) is 119 cm³/mol. The van der Waals surface area contributed by atoms with E-state index in [0.29, 0.717) is 12.6 Å². The van der Waals surface area contributed by atoms with Gasteiger partial charge in [-0.1, -0.05) is 43.2 Å². The van der Waals surface area contributed by atoms with Crippen LogP contribution in [0.3, 0.4) is 0 Å². The topological polar surface area (TPSA) is 70.7 Å². The van der Waals surface area contributed by atoms with Crippen molar-refractivity contribution in [2.45, 2.75) is 83.0 Å². The number of likely N-dealkylation sites (tertiary alicyclic amines) is 1. The fourth-order valence-electron chi connectivity index (χ4n) is 4.44. The van der Waals surface area contributed by atoms with Crippen molar-refractivity contribution in [3.05, 3.63) is 35.9 Å². The number of piperidine rings is 1. The summed E-state index contributed by atoms with van der Waals surface area (Å²) in [6.45, 7) is 8.00. The minimum atomic E-state index is -0.480. The van der Waals surface area contributed by atoms with Gasteiger partial charge in [0.1, 0.15) is 5.60 Å². The Hall–Kier alpha value is -1.92. The van der Waals surface area contributed by atoms with Gasteiger partial charge in [-0.25, -0.2) is 4.79 Å². The largest absolute Gasteiger partial charge is 0.444 e. The molecule has 0 radical (unpaired) electrons. The van der Waals surface area contributed by atoms with Crippen LogP contribution in [0.5, 0.6) is 0 Å². The Bertz CT molecular complexity index is 693. The van der Waals surface area contributed by atoms with Crippen molar-refractivity contribution in [2.75, 3.05) is 19.6 Å². The number of nitrogens with zero attached hydrogens (tertiary/aromatic N) is 1. The van der Waals surface area contributed by atoms with Crippen LogP contribution in [0.1, 0.15) is 69.7 Å². The molecule has 3 rings (SSSR count). The van der Waals surface area contributed by atoms with Crippen LogP contribution in [0.25, 0.3) is 0 Å². The van der Waals surface area contributed by atoms with Crippen molar-refractivity contribution in [3.8, 4) is 0 Å². The van der Waals surface area contributed by atoms with E-state index in [9.17, 15) is 9.59 Å². The zero-order chi connectivity index (χ0) is 21.6. The number of nitrogens with one attached hydrogen (secondary N) is 2. The van der Waals surface area contributed by atoms with Gasteiger partial charge >= 0.3 is 6.09 Å². The molecular weight excluding hydrogens is 378 g/mol. The highest BCUT2D eigenvalue weighted by molar-refractivity contribution is 5.97. The molecule has 1 aromatic rings. The lowest BCUT2D eigenvalue weighted by molar-refractivity contribution is 0.0474. The summed E-state index contributed by atoms with van der Waals surface area (Å²) in [7, 11) is 0. The Morgan fingerprint density at radius 1 is 1.00 bits per heavy atom. The molecule has 1 heterocycles. The van der Waals surface area contributed by atoms with Crippen LogP contribution in [-0.2, 0) is 4.74 Å². The van der Waals surface area contributed by atoms with E-state index in [2.05, 4.69) is 15.5 Å². The summed E-state index contributed by atoms with van der Waals surface area (Å²) in [5, 5.41) is 6.89. The zero-order valence-electron chi connectivity index (χ0n) is 18.7. The van der Waals surface area contributed by atoms with Crippen molar-refractivity contribution < 1.29 is 14.3 Å². The van der Waals surface area contributed by atoms with E-state index in [1.165, 1.54) is 6.42 Å². The maximum atomic E-state index is 12.4. The van der Waals surface area contributed by atoms with Crippen LogP contribution in [-0.4, -0.2) is 60.1 Å². The number of ketones is 1. The average molecular weight is 416 g/mol. The lowest BCUT2D eigenvalue weighted by atomic mass is 9.89. The summed E-state index contributed by atoms with van der Waals surface area (Å²) in [6.07, 6.45) is 6.12. The van der Waals surface area contributed by atoms with E-state index in [-0.39, 0.29) is 24.0 Å². The normalized spacial score (nSPS) is 23.7. The molecule has 6 nitrogen and oxygen atoms in total. The minimum Gasteiger partial charge on any atom is -0.444 e. The summed E-state index contributed by atoms with van der Waals surface area (Å²) in [4.78, 5) is 26.9. The van der Waals surface area contributed by atoms with Crippen molar-refractivity contribution in [2.24, 2.45) is 0 Å². The molecule has 166 valence electrons. The van der Waals surface area contributed by atoms with E-state index in [0.717, 1.165) is 50.8 Å². The fourth-order valence-corrected chi connectivity index (χ4v) is 4.44. The first kappa shape index (κ1) is 22.8. The SMILES string of the molecule is CC(C)(C)OC(=O)N[C@H]1CCCC[C@@H]1NC1CCN(CC(=O)c2ccccc2)CC1. The van der Waals surface area contributed by atoms with E-state index < -0.39 is 5.60 Å². The van der Waals surface area contributed by atoms with Crippen LogP contribution in [0, 0.1) is 0 Å². The van der Waals surface area contributed by atoms with Gasteiger partial charge in [0, 0.05) is 36.8 Å². The number of rotatable bonds is 6. The van der Waals surface area contributed by atoms with Gasteiger partial charge in [0.05, 0.1) is 6.54 Å². The Labute approximate surface area is 180 Å². The number of benzene rings is 1. The number of carbonyl (C=O) groups is 2. The fraction of sp³-hybridized carbons (Fsp3) is 0.667. The smallest absolute Gasteiger partial charge is 0.407 e. The maximum absolute atomic E-state index is 12.4. The number of hydrogen-bond donors (Lipinski definition) is 2. The molecule has 30 heavy (non-hydrogen) atoms. The first-order valence-electron chi connectivity index (χ1n) is 11.4. The first-order valence-corrected chi connectivity index (χ1v) is 11.4. The Kier molecular flexibility index (Phi) is 7.89. The molecule has 0 spiro atoms. The number of ether oxygens (including phenoxy) is 1. The number of hydrogen-bond acceptors (Lipinski definition) is 5. The van der Waals surface area contributed by atoms with E-state index >= 15 is 0 Å². The summed E-state index contributed by atoms with van der Waals surface area (Å²) in [6, 6.07) is 10.4. The Morgan fingerprint density at radius 3 is 2.27 bits per heavy atom. The van der Waals surface area contributed by atoms with Crippen LogP contribution < -0.4 is 10.6 Å². The number of amides is 1. The van der Waals surface area contributed by atoms with Crippen molar-refractivity contribution in [1.82, 2.24) is 15.5 Å². The van der Waals surface area contributed by atoms with Gasteiger partial charge in [-0.2, -0.15) is 0 Å². The van der Waals surface area contributed by atoms with E-state index in [1.54, 1.807) is 0 Å². The average Bonchev–Trinajstić information content (AvgIpc) is 2.70. The monoisotopic (exact) mass is 415 g/mol.